The molecular formula is C32H36N8O7. The number of nitrogens with zero attached hydrogens (tertiary/aromatic N) is 6. The number of amides is 3. The van der Waals surface area contributed by atoms with Crippen LogP contribution in [0.25, 0.3) is 11.2 Å². The van der Waals surface area contributed by atoms with Gasteiger partial charge in [0.15, 0.2) is 23.8 Å². The average Bonchev–Trinajstić information content (AvgIpc) is 3.67. The quantitative estimate of drug-likeness (QED) is 0.193. The molecular weight excluding hydrogens is 608 g/mol. The molecule has 0 unspecified atom stereocenters. The van der Waals surface area contributed by atoms with Gasteiger partial charge in [-0.2, -0.15) is 0 Å². The first-order valence-corrected chi connectivity index (χ1v) is 15.3. The average molecular weight is 645 g/mol. The van der Waals surface area contributed by atoms with E-state index in [1.54, 1.807) is 34.1 Å². The molecule has 0 spiro atoms. The minimum Gasteiger partial charge on any atom is -0.496 e. The third-order valence-electron chi connectivity index (χ3n) is 8.55. The zero-order valence-corrected chi connectivity index (χ0v) is 25.7. The summed E-state index contributed by atoms with van der Waals surface area (Å²) >= 11 is 0. The number of para-hydroxylation sites is 1. The van der Waals surface area contributed by atoms with Gasteiger partial charge in [-0.05, 0) is 30.5 Å². The maximum Gasteiger partial charge on any atom is 0.257 e. The second-order valence-corrected chi connectivity index (χ2v) is 11.4. The van der Waals surface area contributed by atoms with Gasteiger partial charge in [-0.1, -0.05) is 42.5 Å². The van der Waals surface area contributed by atoms with Gasteiger partial charge in [-0.25, -0.2) is 15.0 Å². The number of imidazole rings is 1. The van der Waals surface area contributed by atoms with Crippen LogP contribution in [-0.2, 0) is 20.7 Å². The van der Waals surface area contributed by atoms with Crippen molar-refractivity contribution in [3.05, 3.63) is 78.4 Å². The van der Waals surface area contributed by atoms with Crippen molar-refractivity contribution in [1.29, 1.82) is 0 Å². The van der Waals surface area contributed by atoms with E-state index in [0.717, 1.165) is 5.56 Å². The molecule has 2 aromatic heterocycles. The molecule has 5 N–H and O–H groups in total. The van der Waals surface area contributed by atoms with Crippen LogP contribution < -0.4 is 15.8 Å². The highest BCUT2D eigenvalue weighted by molar-refractivity contribution is 5.97. The fourth-order valence-corrected chi connectivity index (χ4v) is 5.97. The number of aromatic nitrogens is 4. The lowest BCUT2D eigenvalue weighted by molar-refractivity contribution is -0.144. The standard InChI is InChI=1S/C32H36N8O7/c1-46-22-10-6-5-9-20(22)30(44)38-13-15-39(16-14-38)31(45)21(12-11-19-7-3-2-4-8-19)37-29(43)26-24(41)25(42)32(47-26)40-18-36-23-27(33)34-17-35-28(23)40/h2-10,17-18,21,24-26,32,41-42H,11-16H2,1H3,(H,37,43)(H2,33,34,35)/t21-,24-,25+,26-,32+/m0/s1. The molecule has 0 radical (unpaired) electrons. The number of fused-ring (bicyclic) bond motifs is 1. The molecule has 2 fully saturated rings. The van der Waals surface area contributed by atoms with Gasteiger partial charge in [-0.15, -0.1) is 0 Å². The summed E-state index contributed by atoms with van der Waals surface area (Å²) in [5.41, 5.74) is 7.84. The van der Waals surface area contributed by atoms with Crippen molar-refractivity contribution in [1.82, 2.24) is 34.6 Å². The number of methoxy groups -OCH3 is 1. The Balaban J connectivity index is 1.15. The Morgan fingerprint density at radius 3 is 2.43 bits per heavy atom. The summed E-state index contributed by atoms with van der Waals surface area (Å²) in [4.78, 5) is 56.2. The van der Waals surface area contributed by atoms with Crippen LogP contribution in [0.15, 0.2) is 67.3 Å². The van der Waals surface area contributed by atoms with Crippen molar-refractivity contribution in [2.75, 3.05) is 39.0 Å². The van der Waals surface area contributed by atoms with Gasteiger partial charge < -0.3 is 40.5 Å². The molecule has 2 saturated heterocycles. The molecule has 2 aliphatic rings. The first-order valence-electron chi connectivity index (χ1n) is 15.3. The number of nitrogens with two attached hydrogens (primary N) is 1. The molecule has 6 rings (SSSR count). The lowest BCUT2D eigenvalue weighted by Crippen LogP contribution is -2.57. The molecule has 0 saturated carbocycles. The predicted molar refractivity (Wildman–Crippen MR) is 168 cm³/mol. The van der Waals surface area contributed by atoms with E-state index in [1.165, 1.54) is 24.3 Å². The van der Waals surface area contributed by atoms with Crippen LogP contribution in [0.4, 0.5) is 5.82 Å². The summed E-state index contributed by atoms with van der Waals surface area (Å²) in [6.45, 7) is 1.12. The van der Waals surface area contributed by atoms with Gasteiger partial charge in [0.25, 0.3) is 11.8 Å². The topological polar surface area (TPSA) is 198 Å². The van der Waals surface area contributed by atoms with Crippen molar-refractivity contribution in [3.8, 4) is 5.75 Å². The Bertz CT molecular complexity index is 1740. The first kappa shape index (κ1) is 31.8. The number of aryl methyl sites for hydroxylation is 1. The zero-order chi connectivity index (χ0) is 33.1. The van der Waals surface area contributed by atoms with Crippen LogP contribution in [0.5, 0.6) is 5.75 Å². The fourth-order valence-electron chi connectivity index (χ4n) is 5.97. The summed E-state index contributed by atoms with van der Waals surface area (Å²) in [7, 11) is 1.51. The molecule has 4 heterocycles. The molecule has 3 amide bonds. The summed E-state index contributed by atoms with van der Waals surface area (Å²) in [5, 5.41) is 24.5. The lowest BCUT2D eigenvalue weighted by Gasteiger charge is -2.37. The number of hydrogen-bond acceptors (Lipinski definition) is 11. The van der Waals surface area contributed by atoms with Crippen molar-refractivity contribution in [3.63, 3.8) is 0 Å². The summed E-state index contributed by atoms with van der Waals surface area (Å²) in [6.07, 6.45) is -2.48. The molecule has 47 heavy (non-hydrogen) atoms. The third kappa shape index (κ3) is 6.45. The SMILES string of the molecule is COc1ccccc1C(=O)N1CCN(C(=O)[C@H](CCc2ccccc2)NC(=O)[C@H]2O[C@@H](n3cnc4c(N)ncnc43)[C@H](O)[C@@H]2O)CC1. The van der Waals surface area contributed by atoms with Gasteiger partial charge in [0.05, 0.1) is 19.0 Å². The van der Waals surface area contributed by atoms with E-state index in [9.17, 15) is 24.6 Å². The lowest BCUT2D eigenvalue weighted by atomic mass is 10.0. The first-order chi connectivity index (χ1) is 22.8. The van der Waals surface area contributed by atoms with Crippen LogP contribution in [0, 0.1) is 0 Å². The molecule has 2 aromatic carbocycles. The van der Waals surface area contributed by atoms with Crippen molar-refractivity contribution in [2.24, 2.45) is 0 Å². The van der Waals surface area contributed by atoms with Crippen LogP contribution in [0.1, 0.15) is 28.6 Å². The van der Waals surface area contributed by atoms with Crippen molar-refractivity contribution in [2.45, 2.75) is 43.4 Å². The highest BCUT2D eigenvalue weighted by Crippen LogP contribution is 2.32. The number of nitrogens with one attached hydrogen (secondary N) is 1. The maximum absolute atomic E-state index is 13.9. The number of benzene rings is 2. The Morgan fingerprint density at radius 2 is 1.68 bits per heavy atom. The number of carbonyl (C=O) groups is 3. The summed E-state index contributed by atoms with van der Waals surface area (Å²) < 4.78 is 12.6. The number of carbonyl (C=O) groups excluding carboxylic acids is 3. The van der Waals surface area contributed by atoms with Gasteiger partial charge >= 0.3 is 0 Å². The number of aliphatic hydroxyl groups is 2. The van der Waals surface area contributed by atoms with Crippen LogP contribution in [-0.4, -0.2) is 115 Å². The van der Waals surface area contributed by atoms with E-state index in [1.807, 2.05) is 30.3 Å². The number of anilines is 1. The van der Waals surface area contributed by atoms with Gasteiger partial charge in [-0.3, -0.25) is 19.0 Å². The minimum atomic E-state index is -1.61. The minimum absolute atomic E-state index is 0.126. The van der Waals surface area contributed by atoms with Crippen LogP contribution >= 0.6 is 0 Å². The number of hydrogen-bond donors (Lipinski definition) is 4. The highest BCUT2D eigenvalue weighted by atomic mass is 16.6. The van der Waals surface area contributed by atoms with E-state index in [-0.39, 0.29) is 48.3 Å². The Labute approximate surface area is 269 Å². The van der Waals surface area contributed by atoms with Crippen molar-refractivity contribution >= 4 is 34.7 Å². The van der Waals surface area contributed by atoms with E-state index in [2.05, 4.69) is 20.3 Å². The Morgan fingerprint density at radius 1 is 0.979 bits per heavy atom. The zero-order valence-electron chi connectivity index (χ0n) is 25.7. The molecule has 0 bridgehead atoms. The molecule has 5 atom stereocenters. The number of rotatable bonds is 9. The predicted octanol–water partition coefficient (Wildman–Crippen LogP) is 0.139. The van der Waals surface area contributed by atoms with Gasteiger partial charge in [0, 0.05) is 26.2 Å². The van der Waals surface area contributed by atoms with Crippen molar-refractivity contribution < 1.29 is 34.1 Å². The normalized spacial score (nSPS) is 21.9. The van der Waals surface area contributed by atoms with E-state index in [4.69, 9.17) is 15.2 Å². The molecule has 246 valence electrons. The molecule has 2 aliphatic heterocycles. The van der Waals surface area contributed by atoms with E-state index in [0.29, 0.717) is 30.8 Å². The van der Waals surface area contributed by atoms with Gasteiger partial charge in [0.2, 0.25) is 5.91 Å². The highest BCUT2D eigenvalue weighted by Gasteiger charge is 2.48. The molecule has 0 aliphatic carbocycles. The van der Waals surface area contributed by atoms with Gasteiger partial charge in [0.1, 0.15) is 35.8 Å². The summed E-state index contributed by atoms with van der Waals surface area (Å²) in [6, 6.07) is 15.6. The Kier molecular flexibility index (Phi) is 9.29. The maximum atomic E-state index is 13.9. The summed E-state index contributed by atoms with van der Waals surface area (Å²) in [5.74, 6) is -0.670. The van der Waals surface area contributed by atoms with E-state index < -0.39 is 36.5 Å². The monoisotopic (exact) mass is 644 g/mol. The number of aliphatic hydroxyl groups excluding tert-OH is 2. The molecule has 4 aromatic rings. The van der Waals surface area contributed by atoms with E-state index >= 15 is 0 Å². The number of ether oxygens (including phenoxy) is 2. The largest absolute Gasteiger partial charge is 0.496 e. The third-order valence-corrected chi connectivity index (χ3v) is 8.55. The number of nitrogen functional groups attached to an aromatic ring is 1. The van der Waals surface area contributed by atoms with Crippen LogP contribution in [0.2, 0.25) is 0 Å². The smallest absolute Gasteiger partial charge is 0.257 e. The van der Waals surface area contributed by atoms with Crippen LogP contribution in [0.3, 0.4) is 0 Å². The Hall–Kier alpha value is -5.12. The second kappa shape index (κ2) is 13.7. The molecule has 15 nitrogen and oxygen atoms in total. The molecule has 15 heteroatoms. The number of piperazine rings is 1. The fraction of sp³-hybridized carbons (Fsp3) is 0.375. The second-order valence-electron chi connectivity index (χ2n) is 11.4.